The second-order valence-corrected chi connectivity index (χ2v) is 7.34. The van der Waals surface area contributed by atoms with E-state index in [2.05, 4.69) is 17.5 Å². The lowest BCUT2D eigenvalue weighted by molar-refractivity contribution is -0.137. The largest absolute Gasteiger partial charge is 0.416 e. The summed E-state index contributed by atoms with van der Waals surface area (Å²) in [5.74, 6) is 0.628. The van der Waals surface area contributed by atoms with Crippen LogP contribution in [0.1, 0.15) is 41.2 Å². The predicted octanol–water partition coefficient (Wildman–Crippen LogP) is 5.11. The Kier molecular flexibility index (Phi) is 5.47. The maximum Gasteiger partial charge on any atom is 0.416 e. The molecule has 0 aliphatic carbocycles. The molecule has 0 bridgehead atoms. The van der Waals surface area contributed by atoms with E-state index in [1.54, 1.807) is 11.3 Å². The highest BCUT2D eigenvalue weighted by Gasteiger charge is 2.30. The maximum atomic E-state index is 12.5. The number of nitrogens with zero attached hydrogens (tertiary/aromatic N) is 1. The van der Waals surface area contributed by atoms with Gasteiger partial charge in [-0.05, 0) is 54.3 Å². The van der Waals surface area contributed by atoms with Crippen molar-refractivity contribution in [1.82, 2.24) is 4.90 Å². The Morgan fingerprint density at radius 3 is 2.36 bits per heavy atom. The van der Waals surface area contributed by atoms with E-state index in [9.17, 15) is 18.0 Å². The number of benzene rings is 1. The summed E-state index contributed by atoms with van der Waals surface area (Å²) in [6.07, 6.45) is -1.54. The van der Waals surface area contributed by atoms with Gasteiger partial charge in [0.15, 0.2) is 0 Å². The summed E-state index contributed by atoms with van der Waals surface area (Å²) in [7, 11) is 0. The van der Waals surface area contributed by atoms with Gasteiger partial charge in [0.25, 0.3) is 0 Å². The Bertz CT molecular complexity index is 686. The minimum absolute atomic E-state index is 0.0875. The number of thiophene rings is 1. The molecule has 0 N–H and O–H groups in total. The molecule has 1 aliphatic rings. The Morgan fingerprint density at radius 2 is 1.80 bits per heavy atom. The quantitative estimate of drug-likeness (QED) is 0.736. The second-order valence-electron chi connectivity index (χ2n) is 6.37. The van der Waals surface area contributed by atoms with Crippen LogP contribution in [-0.4, -0.2) is 23.9 Å². The monoisotopic (exact) mass is 367 g/mol. The average molecular weight is 367 g/mol. The van der Waals surface area contributed by atoms with Crippen LogP contribution in [0.4, 0.5) is 13.2 Å². The van der Waals surface area contributed by atoms with Crippen LogP contribution < -0.4 is 0 Å². The average Bonchev–Trinajstić information content (AvgIpc) is 3.14. The third-order valence-electron chi connectivity index (χ3n) is 4.70. The van der Waals surface area contributed by atoms with Crippen molar-refractivity contribution in [2.75, 3.05) is 13.1 Å². The number of halogens is 3. The van der Waals surface area contributed by atoms with E-state index < -0.39 is 11.7 Å². The number of alkyl halides is 3. The van der Waals surface area contributed by atoms with Crippen LogP contribution in [0.5, 0.6) is 0 Å². The van der Waals surface area contributed by atoms with Gasteiger partial charge in [-0.2, -0.15) is 13.2 Å². The van der Waals surface area contributed by atoms with Gasteiger partial charge in [-0.3, -0.25) is 4.79 Å². The van der Waals surface area contributed by atoms with Crippen molar-refractivity contribution in [3.63, 3.8) is 0 Å². The molecule has 0 atom stereocenters. The summed E-state index contributed by atoms with van der Waals surface area (Å²) in [5, 5.41) is 2.08. The molecule has 2 nitrogen and oxygen atoms in total. The number of aryl methyl sites for hydroxylation is 1. The Balaban J connectivity index is 1.47. The fraction of sp³-hybridized carbons (Fsp3) is 0.421. The summed E-state index contributed by atoms with van der Waals surface area (Å²) < 4.78 is 37.6. The van der Waals surface area contributed by atoms with Crippen LogP contribution in [0.15, 0.2) is 41.8 Å². The van der Waals surface area contributed by atoms with Gasteiger partial charge in [-0.25, -0.2) is 0 Å². The fourth-order valence-corrected chi connectivity index (χ4v) is 4.11. The molecule has 25 heavy (non-hydrogen) atoms. The van der Waals surface area contributed by atoms with E-state index in [4.69, 9.17) is 0 Å². The van der Waals surface area contributed by atoms with Gasteiger partial charge in [0.05, 0.1) is 5.56 Å². The highest BCUT2D eigenvalue weighted by molar-refractivity contribution is 7.10. The number of rotatable bonds is 4. The van der Waals surface area contributed by atoms with E-state index in [0.29, 0.717) is 18.8 Å². The number of carbonyl (C=O) groups is 1. The Hall–Kier alpha value is -1.82. The highest BCUT2D eigenvalue weighted by Crippen LogP contribution is 2.31. The van der Waals surface area contributed by atoms with Crippen molar-refractivity contribution in [3.8, 4) is 0 Å². The standard InChI is InChI=1S/C19H20F3NOS/c20-19(21,22)16-6-3-14(4-7-16)5-8-18(24)23-11-9-15(10-12-23)17-2-1-13-25-17/h1-4,6-7,13,15H,5,8-12H2. The first-order chi connectivity index (χ1) is 11.9. The molecule has 1 fully saturated rings. The van der Waals surface area contributed by atoms with Crippen LogP contribution in [0.25, 0.3) is 0 Å². The van der Waals surface area contributed by atoms with Crippen LogP contribution in [0.2, 0.25) is 0 Å². The van der Waals surface area contributed by atoms with Crippen molar-refractivity contribution >= 4 is 17.2 Å². The summed E-state index contributed by atoms with van der Waals surface area (Å²) in [5.41, 5.74) is 0.105. The molecule has 1 amide bonds. The molecule has 0 saturated carbocycles. The van der Waals surface area contributed by atoms with E-state index in [1.165, 1.54) is 17.0 Å². The molecule has 0 unspecified atom stereocenters. The fourth-order valence-electron chi connectivity index (χ4n) is 3.21. The molecule has 6 heteroatoms. The topological polar surface area (TPSA) is 20.3 Å². The molecule has 2 heterocycles. The number of piperidine rings is 1. The zero-order chi connectivity index (χ0) is 17.9. The highest BCUT2D eigenvalue weighted by atomic mass is 32.1. The van der Waals surface area contributed by atoms with Crippen molar-refractivity contribution < 1.29 is 18.0 Å². The van der Waals surface area contributed by atoms with E-state index in [1.807, 2.05) is 4.90 Å². The van der Waals surface area contributed by atoms with Crippen molar-refractivity contribution in [3.05, 3.63) is 57.8 Å². The van der Waals surface area contributed by atoms with Crippen molar-refractivity contribution in [1.29, 1.82) is 0 Å². The molecule has 134 valence electrons. The predicted molar refractivity (Wildman–Crippen MR) is 92.6 cm³/mol. The minimum Gasteiger partial charge on any atom is -0.343 e. The lowest BCUT2D eigenvalue weighted by Gasteiger charge is -2.31. The van der Waals surface area contributed by atoms with Crippen molar-refractivity contribution in [2.24, 2.45) is 0 Å². The number of hydrogen-bond donors (Lipinski definition) is 0. The van der Waals surface area contributed by atoms with E-state index in [-0.39, 0.29) is 5.91 Å². The first-order valence-electron chi connectivity index (χ1n) is 8.41. The first-order valence-corrected chi connectivity index (χ1v) is 9.29. The molecule has 1 aromatic heterocycles. The first kappa shape index (κ1) is 18.0. The zero-order valence-electron chi connectivity index (χ0n) is 13.8. The molecule has 3 rings (SSSR count). The molecular formula is C19H20F3NOS. The Morgan fingerprint density at radius 1 is 1.12 bits per heavy atom. The SMILES string of the molecule is O=C(CCc1ccc(C(F)(F)F)cc1)N1CCC(c2cccs2)CC1. The zero-order valence-corrected chi connectivity index (χ0v) is 14.6. The minimum atomic E-state index is -4.32. The van der Waals surface area contributed by atoms with Gasteiger partial charge < -0.3 is 4.90 Å². The molecule has 0 radical (unpaired) electrons. The Labute approximate surface area is 149 Å². The number of amides is 1. The van der Waals surface area contributed by atoms with Gasteiger partial charge in [0.1, 0.15) is 0 Å². The number of hydrogen-bond acceptors (Lipinski definition) is 2. The van der Waals surface area contributed by atoms with Crippen LogP contribution in [0, 0.1) is 0 Å². The third kappa shape index (κ3) is 4.63. The lowest BCUT2D eigenvalue weighted by Crippen LogP contribution is -2.37. The van der Waals surface area contributed by atoms with Gasteiger partial charge in [-0.15, -0.1) is 11.3 Å². The second kappa shape index (κ2) is 7.60. The van der Waals surface area contributed by atoms with Gasteiger partial charge in [0, 0.05) is 24.4 Å². The summed E-state index contributed by atoms with van der Waals surface area (Å²) in [4.78, 5) is 15.6. The van der Waals surface area contributed by atoms with E-state index >= 15 is 0 Å². The van der Waals surface area contributed by atoms with Crippen LogP contribution >= 0.6 is 11.3 Å². The molecule has 1 aromatic carbocycles. The van der Waals surface area contributed by atoms with E-state index in [0.717, 1.165) is 43.6 Å². The molecule has 2 aromatic rings. The summed E-state index contributed by atoms with van der Waals surface area (Å²) >= 11 is 1.77. The van der Waals surface area contributed by atoms with Gasteiger partial charge in [0.2, 0.25) is 5.91 Å². The van der Waals surface area contributed by atoms with Crippen LogP contribution in [-0.2, 0) is 17.4 Å². The van der Waals surface area contributed by atoms with Gasteiger partial charge >= 0.3 is 6.18 Å². The molecule has 0 spiro atoms. The van der Waals surface area contributed by atoms with Crippen LogP contribution in [0.3, 0.4) is 0 Å². The molecule has 1 aliphatic heterocycles. The van der Waals surface area contributed by atoms with Gasteiger partial charge in [-0.1, -0.05) is 18.2 Å². The number of likely N-dealkylation sites (tertiary alicyclic amines) is 1. The summed E-state index contributed by atoms with van der Waals surface area (Å²) in [6, 6.07) is 9.27. The molecular weight excluding hydrogens is 347 g/mol. The molecule has 1 saturated heterocycles. The smallest absolute Gasteiger partial charge is 0.343 e. The normalized spacial score (nSPS) is 16.2. The number of carbonyl (C=O) groups excluding carboxylic acids is 1. The third-order valence-corrected chi connectivity index (χ3v) is 5.74. The maximum absolute atomic E-state index is 12.5. The van der Waals surface area contributed by atoms with Crippen molar-refractivity contribution in [2.45, 2.75) is 37.8 Å². The lowest BCUT2D eigenvalue weighted by atomic mass is 9.95. The summed E-state index contributed by atoms with van der Waals surface area (Å²) in [6.45, 7) is 1.52.